The summed E-state index contributed by atoms with van der Waals surface area (Å²) in [7, 11) is 1.77. The molecule has 7 nitrogen and oxygen atoms in total. The van der Waals surface area contributed by atoms with Crippen LogP contribution in [-0.4, -0.2) is 91.9 Å². The average molecular weight is 476 g/mol. The molecule has 4 aliphatic heterocycles. The normalized spacial score (nSPS) is 37.8. The number of thioether (sulfide) groups is 1. The van der Waals surface area contributed by atoms with Gasteiger partial charge in [0.25, 0.3) is 0 Å². The van der Waals surface area contributed by atoms with Crippen LogP contribution in [0.25, 0.3) is 0 Å². The molecule has 0 aromatic heterocycles. The first-order valence-corrected chi connectivity index (χ1v) is 12.9. The van der Waals surface area contributed by atoms with E-state index in [2.05, 4.69) is 6.08 Å². The molecule has 1 unspecified atom stereocenters. The molecule has 4 rings (SSSR count). The molecule has 4 heterocycles. The van der Waals surface area contributed by atoms with Crippen molar-refractivity contribution in [1.29, 1.82) is 0 Å². The van der Waals surface area contributed by atoms with Gasteiger partial charge in [0.05, 0.1) is 29.2 Å². The smallest absolute Gasteiger partial charge is 0.247 e. The lowest BCUT2D eigenvalue weighted by Crippen LogP contribution is -2.58. The van der Waals surface area contributed by atoms with Crippen LogP contribution in [0.4, 0.5) is 0 Å². The van der Waals surface area contributed by atoms with Gasteiger partial charge in [-0.3, -0.25) is 14.4 Å². The Hall–Kier alpha value is -1.80. The van der Waals surface area contributed by atoms with Gasteiger partial charge >= 0.3 is 0 Å². The summed E-state index contributed by atoms with van der Waals surface area (Å²) in [6, 6.07) is -1.24. The summed E-state index contributed by atoms with van der Waals surface area (Å²) in [6.45, 7) is 10.8. The lowest BCUT2D eigenvalue weighted by Gasteiger charge is -2.42. The van der Waals surface area contributed by atoms with Gasteiger partial charge in [0.15, 0.2) is 0 Å². The van der Waals surface area contributed by atoms with Gasteiger partial charge in [0.2, 0.25) is 17.7 Å². The minimum atomic E-state index is -0.851. The standard InChI is InChI=1S/C25H37N3O4S/c1-7-16(4)17(14-29)28-20-23(32)27(15(2)3)13-9-11-25(20)19(22(28)31)18-21(30)26(6)12-8-10-24(18,5)33-25/h8-11,15-20,29H,7,12-14H2,1-6H3/t16-,17-,18-,19-,20?,24+,25-/m0/s1. The first-order valence-electron chi connectivity index (χ1n) is 12.1. The van der Waals surface area contributed by atoms with Crippen LogP contribution in [0.1, 0.15) is 41.0 Å². The van der Waals surface area contributed by atoms with Gasteiger partial charge in [-0.05, 0) is 26.7 Å². The molecule has 1 spiro atoms. The fourth-order valence-corrected chi connectivity index (χ4v) is 8.38. The van der Waals surface area contributed by atoms with Crippen molar-refractivity contribution in [2.24, 2.45) is 17.8 Å². The number of rotatable bonds is 5. The first-order chi connectivity index (χ1) is 15.5. The van der Waals surface area contributed by atoms with E-state index in [1.54, 1.807) is 28.6 Å². The van der Waals surface area contributed by atoms with Crippen LogP contribution in [-0.2, 0) is 14.4 Å². The molecular weight excluding hydrogens is 438 g/mol. The highest BCUT2D eigenvalue weighted by molar-refractivity contribution is 8.02. The molecule has 7 atom stereocenters. The van der Waals surface area contributed by atoms with Crippen molar-refractivity contribution >= 4 is 29.5 Å². The second kappa shape index (κ2) is 8.45. The number of likely N-dealkylation sites (tertiary alicyclic amines) is 1. The lowest BCUT2D eigenvalue weighted by atomic mass is 9.74. The molecule has 2 saturated heterocycles. The van der Waals surface area contributed by atoms with Crippen molar-refractivity contribution in [1.82, 2.24) is 14.7 Å². The van der Waals surface area contributed by atoms with Crippen LogP contribution in [0.5, 0.6) is 0 Å². The third kappa shape index (κ3) is 3.39. The summed E-state index contributed by atoms with van der Waals surface area (Å²) in [5.74, 6) is -1.52. The third-order valence-corrected chi connectivity index (χ3v) is 9.99. The number of nitrogens with zero attached hydrogens (tertiary/aromatic N) is 3. The molecular formula is C25H37N3O4S. The van der Waals surface area contributed by atoms with Gasteiger partial charge < -0.3 is 19.8 Å². The summed E-state index contributed by atoms with van der Waals surface area (Å²) in [6.07, 6.45) is 8.87. The molecule has 0 aliphatic carbocycles. The lowest BCUT2D eigenvalue weighted by molar-refractivity contribution is -0.148. The summed E-state index contributed by atoms with van der Waals surface area (Å²) in [5.41, 5.74) is 0. The molecule has 0 aromatic carbocycles. The number of hydrogen-bond donors (Lipinski definition) is 1. The van der Waals surface area contributed by atoms with Gasteiger partial charge in [-0.25, -0.2) is 0 Å². The summed E-state index contributed by atoms with van der Waals surface area (Å²) in [4.78, 5) is 47.1. The Kier molecular flexibility index (Phi) is 6.23. The second-order valence-corrected chi connectivity index (χ2v) is 12.3. The molecule has 1 N–H and O–H groups in total. The summed E-state index contributed by atoms with van der Waals surface area (Å²) >= 11 is 1.59. The van der Waals surface area contributed by atoms with E-state index in [1.807, 2.05) is 57.7 Å². The predicted molar refractivity (Wildman–Crippen MR) is 129 cm³/mol. The quantitative estimate of drug-likeness (QED) is 0.615. The maximum atomic E-state index is 14.3. The van der Waals surface area contributed by atoms with E-state index in [1.165, 1.54) is 0 Å². The molecule has 33 heavy (non-hydrogen) atoms. The molecule has 8 heteroatoms. The van der Waals surface area contributed by atoms with Gasteiger partial charge in [0, 0.05) is 30.9 Å². The Morgan fingerprint density at radius 2 is 1.73 bits per heavy atom. The highest BCUT2D eigenvalue weighted by atomic mass is 32.2. The molecule has 3 amide bonds. The topological polar surface area (TPSA) is 81.2 Å². The van der Waals surface area contributed by atoms with Gasteiger partial charge in [-0.15, -0.1) is 11.8 Å². The van der Waals surface area contributed by atoms with E-state index in [-0.39, 0.29) is 36.3 Å². The minimum absolute atomic E-state index is 0.0196. The number of aliphatic hydroxyl groups is 1. The van der Waals surface area contributed by atoms with Crippen molar-refractivity contribution in [3.05, 3.63) is 24.3 Å². The summed E-state index contributed by atoms with van der Waals surface area (Å²) < 4.78 is -1.44. The van der Waals surface area contributed by atoms with Crippen LogP contribution in [0.3, 0.4) is 0 Å². The number of likely N-dealkylation sites (N-methyl/N-ethyl adjacent to an activating group) is 1. The zero-order chi connectivity index (χ0) is 24.3. The van der Waals surface area contributed by atoms with E-state index in [0.29, 0.717) is 13.1 Å². The van der Waals surface area contributed by atoms with E-state index >= 15 is 0 Å². The Bertz CT molecular complexity index is 904. The number of aliphatic hydroxyl groups excluding tert-OH is 1. The Morgan fingerprint density at radius 3 is 2.33 bits per heavy atom. The third-order valence-electron chi connectivity index (χ3n) is 8.20. The van der Waals surface area contributed by atoms with Crippen LogP contribution in [0, 0.1) is 17.8 Å². The van der Waals surface area contributed by atoms with Crippen molar-refractivity contribution in [3.8, 4) is 0 Å². The molecule has 0 saturated carbocycles. The number of carbonyl (C=O) groups excluding carboxylic acids is 3. The highest BCUT2D eigenvalue weighted by Crippen LogP contribution is 2.66. The molecule has 0 aromatic rings. The number of amides is 3. The molecule has 0 radical (unpaired) electrons. The maximum absolute atomic E-state index is 14.3. The predicted octanol–water partition coefficient (Wildman–Crippen LogP) is 1.92. The second-order valence-electron chi connectivity index (χ2n) is 10.5. The first kappa shape index (κ1) is 24.3. The van der Waals surface area contributed by atoms with Crippen LogP contribution in [0.15, 0.2) is 24.3 Å². The highest BCUT2D eigenvalue weighted by Gasteiger charge is 2.74. The fraction of sp³-hybridized carbons (Fsp3) is 0.720. The largest absolute Gasteiger partial charge is 0.394 e. The molecule has 0 bridgehead atoms. The Morgan fingerprint density at radius 1 is 1.06 bits per heavy atom. The fourth-order valence-electron chi connectivity index (χ4n) is 6.24. The molecule has 182 valence electrons. The van der Waals surface area contributed by atoms with Crippen molar-refractivity contribution in [3.63, 3.8) is 0 Å². The number of carbonyl (C=O) groups is 3. The SMILES string of the molecule is CC[C@H](C)[C@H](CO)N1C(=O)[C@@H]2[C@H]3C(=O)N(C)CC=C[C@@]3(C)S[C@@]23C=CCN(C(C)C)C(=O)C13. The van der Waals surface area contributed by atoms with E-state index in [4.69, 9.17) is 0 Å². The zero-order valence-electron chi connectivity index (χ0n) is 20.5. The molecule has 2 fully saturated rings. The maximum Gasteiger partial charge on any atom is 0.247 e. The number of fused-ring (bicyclic) bond motifs is 2. The van der Waals surface area contributed by atoms with Crippen molar-refractivity contribution in [2.45, 2.75) is 68.7 Å². The Labute approximate surface area is 201 Å². The minimum Gasteiger partial charge on any atom is -0.394 e. The van der Waals surface area contributed by atoms with Crippen LogP contribution in [0.2, 0.25) is 0 Å². The Balaban J connectivity index is 1.93. The molecule has 4 aliphatic rings. The van der Waals surface area contributed by atoms with Crippen molar-refractivity contribution in [2.75, 3.05) is 26.7 Å². The van der Waals surface area contributed by atoms with Gasteiger partial charge in [-0.2, -0.15) is 0 Å². The van der Waals surface area contributed by atoms with E-state index in [0.717, 1.165) is 6.42 Å². The van der Waals surface area contributed by atoms with Gasteiger partial charge in [-0.1, -0.05) is 44.6 Å². The average Bonchev–Trinajstić information content (AvgIpc) is 3.03. The van der Waals surface area contributed by atoms with E-state index in [9.17, 15) is 19.5 Å². The number of hydrogen-bond acceptors (Lipinski definition) is 5. The van der Waals surface area contributed by atoms with Crippen LogP contribution >= 0.6 is 11.8 Å². The van der Waals surface area contributed by atoms with Crippen molar-refractivity contribution < 1.29 is 19.5 Å². The van der Waals surface area contributed by atoms with E-state index < -0.39 is 33.4 Å². The van der Waals surface area contributed by atoms with Gasteiger partial charge in [0.1, 0.15) is 6.04 Å². The summed E-state index contributed by atoms with van der Waals surface area (Å²) in [5, 5.41) is 10.4. The zero-order valence-corrected chi connectivity index (χ0v) is 21.3. The monoisotopic (exact) mass is 475 g/mol. The van der Waals surface area contributed by atoms with Crippen LogP contribution < -0.4 is 0 Å².